The Morgan fingerprint density at radius 3 is 1.90 bits per heavy atom. The third-order valence-electron chi connectivity index (χ3n) is 2.51. The highest BCUT2D eigenvalue weighted by Crippen LogP contribution is 2.31. The summed E-state index contributed by atoms with van der Waals surface area (Å²) in [7, 11) is 0. The molecule has 21 heavy (non-hydrogen) atoms. The van der Waals surface area contributed by atoms with E-state index < -0.39 is 0 Å². The van der Waals surface area contributed by atoms with Gasteiger partial charge in [0.15, 0.2) is 5.11 Å². The molecule has 0 radical (unpaired) electrons. The normalized spacial score (nSPS) is 10.3. The third-order valence-corrected chi connectivity index (χ3v) is 4.08. The summed E-state index contributed by atoms with van der Waals surface area (Å²) in [6.45, 7) is 0. The zero-order valence-electron chi connectivity index (χ0n) is 10.4. The summed E-state index contributed by atoms with van der Waals surface area (Å²) < 4.78 is 0. The largest absolute Gasteiger partial charge is 0.396 e. The molecule has 0 amide bonds. The monoisotopic (exact) mass is 379 g/mol. The maximum atomic E-state index is 5.96. The number of nitrogens with one attached hydrogen (secondary N) is 2. The minimum atomic E-state index is 0.326. The predicted molar refractivity (Wildman–Crippen MR) is 97.2 cm³/mol. The SMILES string of the molecule is Nc1c(Cl)cc(NC(=S)Nc2ccc(Cl)c(Cl)c2)cc1Cl. The van der Waals surface area contributed by atoms with Gasteiger partial charge in [-0.3, -0.25) is 0 Å². The molecule has 0 saturated heterocycles. The second-order valence-electron chi connectivity index (χ2n) is 4.06. The van der Waals surface area contributed by atoms with Gasteiger partial charge in [-0.1, -0.05) is 46.4 Å². The topological polar surface area (TPSA) is 50.1 Å². The molecule has 0 heterocycles. The fraction of sp³-hybridized carbons (Fsp3) is 0. The molecule has 0 atom stereocenters. The first kappa shape index (κ1) is 16.5. The minimum absolute atomic E-state index is 0.326. The second-order valence-corrected chi connectivity index (χ2v) is 6.10. The van der Waals surface area contributed by atoms with E-state index in [0.29, 0.717) is 42.3 Å². The molecule has 0 bridgehead atoms. The smallest absolute Gasteiger partial charge is 0.175 e. The first-order valence-electron chi connectivity index (χ1n) is 5.64. The maximum absolute atomic E-state index is 5.96. The van der Waals surface area contributed by atoms with Crippen LogP contribution in [0.5, 0.6) is 0 Å². The van der Waals surface area contributed by atoms with Crippen LogP contribution in [0.25, 0.3) is 0 Å². The predicted octanol–water partition coefficient (Wildman–Crippen LogP) is 5.69. The van der Waals surface area contributed by atoms with Gasteiger partial charge in [0.05, 0.1) is 25.8 Å². The Kier molecular flexibility index (Phi) is 5.41. The Balaban J connectivity index is 2.09. The zero-order valence-corrected chi connectivity index (χ0v) is 14.2. The van der Waals surface area contributed by atoms with E-state index in [1.54, 1.807) is 30.3 Å². The summed E-state index contributed by atoms with van der Waals surface area (Å²) in [5.74, 6) is 0. The van der Waals surface area contributed by atoms with E-state index >= 15 is 0 Å². The fourth-order valence-corrected chi connectivity index (χ4v) is 2.54. The molecule has 8 heteroatoms. The quantitative estimate of drug-likeness (QED) is 0.462. The van der Waals surface area contributed by atoms with Crippen molar-refractivity contribution in [3.8, 4) is 0 Å². The van der Waals surface area contributed by atoms with Gasteiger partial charge in [-0.2, -0.15) is 0 Å². The molecule has 2 aromatic carbocycles. The number of anilines is 3. The van der Waals surface area contributed by atoms with E-state index in [1.807, 2.05) is 0 Å². The molecule has 2 rings (SSSR count). The van der Waals surface area contributed by atoms with Gasteiger partial charge >= 0.3 is 0 Å². The summed E-state index contributed by atoms with van der Waals surface area (Å²) in [6, 6.07) is 8.36. The van der Waals surface area contributed by atoms with E-state index in [0.717, 1.165) is 0 Å². The van der Waals surface area contributed by atoms with E-state index in [2.05, 4.69) is 10.6 Å². The molecule has 0 aliphatic heterocycles. The van der Waals surface area contributed by atoms with E-state index in [4.69, 9.17) is 64.4 Å². The van der Waals surface area contributed by atoms with Gasteiger partial charge in [-0.15, -0.1) is 0 Å². The van der Waals surface area contributed by atoms with Gasteiger partial charge < -0.3 is 16.4 Å². The molecule has 3 nitrogen and oxygen atoms in total. The molecule has 0 fully saturated rings. The van der Waals surface area contributed by atoms with Gasteiger partial charge in [0.1, 0.15) is 0 Å². The van der Waals surface area contributed by atoms with Gasteiger partial charge in [0, 0.05) is 11.4 Å². The molecule has 0 saturated carbocycles. The lowest BCUT2D eigenvalue weighted by Crippen LogP contribution is -2.19. The summed E-state index contributed by atoms with van der Waals surface area (Å²) >= 11 is 28.9. The van der Waals surface area contributed by atoms with Gasteiger partial charge in [-0.05, 0) is 42.5 Å². The van der Waals surface area contributed by atoms with Crippen LogP contribution in [0.15, 0.2) is 30.3 Å². The summed E-state index contributed by atoms with van der Waals surface area (Å²) in [5.41, 5.74) is 7.32. The number of nitrogen functional groups attached to an aromatic ring is 1. The molecule has 0 unspecified atom stereocenters. The van der Waals surface area contributed by atoms with Crippen molar-refractivity contribution in [1.82, 2.24) is 0 Å². The van der Waals surface area contributed by atoms with Crippen molar-refractivity contribution in [2.45, 2.75) is 0 Å². The first-order chi connectivity index (χ1) is 9.86. The van der Waals surface area contributed by atoms with Crippen molar-refractivity contribution in [2.24, 2.45) is 0 Å². The van der Waals surface area contributed by atoms with Crippen LogP contribution in [0.4, 0.5) is 17.1 Å². The average molecular weight is 381 g/mol. The molecule has 2 aromatic rings. The molecule has 0 aliphatic rings. The molecule has 0 aromatic heterocycles. The third kappa shape index (κ3) is 4.28. The van der Waals surface area contributed by atoms with Gasteiger partial charge in [0.2, 0.25) is 0 Å². The number of hydrogen-bond donors (Lipinski definition) is 3. The first-order valence-corrected chi connectivity index (χ1v) is 7.56. The number of rotatable bonds is 2. The van der Waals surface area contributed by atoms with Crippen LogP contribution >= 0.6 is 58.6 Å². The van der Waals surface area contributed by atoms with Crippen molar-refractivity contribution in [2.75, 3.05) is 16.4 Å². The van der Waals surface area contributed by atoms with Crippen molar-refractivity contribution in [1.29, 1.82) is 0 Å². The van der Waals surface area contributed by atoms with Crippen molar-refractivity contribution in [3.05, 3.63) is 50.4 Å². The number of hydrogen-bond acceptors (Lipinski definition) is 2. The Labute approximate surface area is 147 Å². The van der Waals surface area contributed by atoms with Crippen LogP contribution in [0.3, 0.4) is 0 Å². The van der Waals surface area contributed by atoms with Crippen molar-refractivity contribution < 1.29 is 0 Å². The van der Waals surface area contributed by atoms with E-state index in [1.165, 1.54) is 0 Å². The lowest BCUT2D eigenvalue weighted by molar-refractivity contribution is 1.59. The Bertz CT molecular complexity index is 683. The summed E-state index contributed by atoms with van der Waals surface area (Å²) in [5, 5.41) is 7.88. The average Bonchev–Trinajstić information content (AvgIpc) is 2.40. The van der Waals surface area contributed by atoms with Crippen molar-refractivity contribution >= 4 is 80.8 Å². The molecular formula is C13H9Cl4N3S. The molecule has 0 spiro atoms. The standard InChI is InChI=1S/C13H9Cl4N3S/c14-8-2-1-6(3-9(8)15)19-13(21)20-7-4-10(16)12(18)11(17)5-7/h1-5H,18H2,(H2,19,20,21). The summed E-state index contributed by atoms with van der Waals surface area (Å²) in [6.07, 6.45) is 0. The highest BCUT2D eigenvalue weighted by Gasteiger charge is 2.07. The molecule has 110 valence electrons. The Hall–Kier alpha value is -0.910. The van der Waals surface area contributed by atoms with Gasteiger partial charge in [0.25, 0.3) is 0 Å². The molecule has 0 aliphatic carbocycles. The second kappa shape index (κ2) is 6.90. The number of halogens is 4. The van der Waals surface area contributed by atoms with E-state index in [9.17, 15) is 0 Å². The van der Waals surface area contributed by atoms with Crippen LogP contribution in [-0.4, -0.2) is 5.11 Å². The van der Waals surface area contributed by atoms with Gasteiger partial charge in [-0.25, -0.2) is 0 Å². The lowest BCUT2D eigenvalue weighted by Gasteiger charge is -2.12. The number of nitrogens with two attached hydrogens (primary N) is 1. The summed E-state index contributed by atoms with van der Waals surface area (Å²) in [4.78, 5) is 0. The lowest BCUT2D eigenvalue weighted by atomic mass is 10.3. The van der Waals surface area contributed by atoms with E-state index in [-0.39, 0.29) is 0 Å². The number of benzene rings is 2. The highest BCUT2D eigenvalue weighted by atomic mass is 35.5. The number of thiocarbonyl (C=S) groups is 1. The molecular weight excluding hydrogens is 372 g/mol. The Morgan fingerprint density at radius 2 is 1.33 bits per heavy atom. The highest BCUT2D eigenvalue weighted by molar-refractivity contribution is 7.80. The zero-order chi connectivity index (χ0) is 15.6. The van der Waals surface area contributed by atoms with Crippen LogP contribution in [0.1, 0.15) is 0 Å². The van der Waals surface area contributed by atoms with Crippen LogP contribution in [0, 0.1) is 0 Å². The fourth-order valence-electron chi connectivity index (χ4n) is 1.52. The van der Waals surface area contributed by atoms with Crippen molar-refractivity contribution in [3.63, 3.8) is 0 Å². The molecule has 4 N–H and O–H groups in total. The van der Waals surface area contributed by atoms with Crippen LogP contribution in [0.2, 0.25) is 20.1 Å². The minimum Gasteiger partial charge on any atom is -0.396 e. The van der Waals surface area contributed by atoms with Crippen LogP contribution < -0.4 is 16.4 Å². The maximum Gasteiger partial charge on any atom is 0.175 e. The van der Waals surface area contributed by atoms with Crippen LogP contribution in [-0.2, 0) is 0 Å². The Morgan fingerprint density at radius 1 is 0.810 bits per heavy atom.